The first-order chi connectivity index (χ1) is 9.41. The van der Waals surface area contributed by atoms with Gasteiger partial charge in [0.05, 0.1) is 17.6 Å². The summed E-state index contributed by atoms with van der Waals surface area (Å²) in [6.07, 6.45) is 2.72. The number of nitrogens with zero attached hydrogens (tertiary/aromatic N) is 1. The highest BCUT2D eigenvalue weighted by Crippen LogP contribution is 2.34. The topological polar surface area (TPSA) is 78.9 Å². The third kappa shape index (κ3) is 2.90. The number of aliphatic carboxylic acids is 1. The Hall–Kier alpha value is -1.30. The van der Waals surface area contributed by atoms with E-state index in [9.17, 15) is 14.7 Å². The molecule has 0 aromatic rings. The number of rotatable bonds is 3. The van der Waals surface area contributed by atoms with Crippen LogP contribution in [0, 0.1) is 5.41 Å². The largest absolute Gasteiger partial charge is 0.481 e. The maximum Gasteiger partial charge on any atom is 0.317 e. The predicted octanol–water partition coefficient (Wildman–Crippen LogP) is 1.45. The van der Waals surface area contributed by atoms with Gasteiger partial charge in [0.25, 0.3) is 0 Å². The van der Waals surface area contributed by atoms with Crippen molar-refractivity contribution in [1.82, 2.24) is 10.2 Å². The second kappa shape index (κ2) is 5.60. The van der Waals surface area contributed by atoms with Gasteiger partial charge in [0.15, 0.2) is 0 Å². The lowest BCUT2D eigenvalue weighted by atomic mass is 9.78. The lowest BCUT2D eigenvalue weighted by Crippen LogP contribution is -2.57. The second-order valence-electron chi connectivity index (χ2n) is 6.26. The molecule has 2 saturated heterocycles. The van der Waals surface area contributed by atoms with Gasteiger partial charge >= 0.3 is 12.0 Å². The van der Waals surface area contributed by atoms with Gasteiger partial charge in [-0.3, -0.25) is 4.79 Å². The summed E-state index contributed by atoms with van der Waals surface area (Å²) in [5.74, 6) is -0.798. The summed E-state index contributed by atoms with van der Waals surface area (Å²) in [5.41, 5.74) is -1.12. The van der Waals surface area contributed by atoms with Gasteiger partial charge in [-0.2, -0.15) is 0 Å². The minimum Gasteiger partial charge on any atom is -0.481 e. The maximum atomic E-state index is 12.4. The van der Waals surface area contributed by atoms with Crippen LogP contribution in [0.15, 0.2) is 0 Å². The molecule has 20 heavy (non-hydrogen) atoms. The van der Waals surface area contributed by atoms with Gasteiger partial charge in [0.2, 0.25) is 0 Å². The Bertz CT molecular complexity index is 393. The van der Waals surface area contributed by atoms with Gasteiger partial charge in [-0.15, -0.1) is 0 Å². The number of ether oxygens (including phenoxy) is 1. The molecule has 0 aromatic heterocycles. The first kappa shape index (κ1) is 15.1. The molecule has 2 unspecified atom stereocenters. The number of carboxylic acid groups (broad SMARTS) is 1. The lowest BCUT2D eigenvalue weighted by molar-refractivity contribution is -0.152. The van der Waals surface area contributed by atoms with E-state index in [0.29, 0.717) is 39.1 Å². The molecule has 2 amide bonds. The fourth-order valence-corrected chi connectivity index (χ4v) is 3.02. The van der Waals surface area contributed by atoms with Crippen LogP contribution in [0.3, 0.4) is 0 Å². The molecule has 2 N–H and O–H groups in total. The number of carboxylic acids is 1. The van der Waals surface area contributed by atoms with E-state index in [1.807, 2.05) is 13.8 Å². The summed E-state index contributed by atoms with van der Waals surface area (Å²) in [6, 6.07) is -0.170. The van der Waals surface area contributed by atoms with E-state index in [1.54, 1.807) is 4.90 Å². The first-order valence-electron chi connectivity index (χ1n) is 7.29. The zero-order chi connectivity index (χ0) is 14.8. The molecule has 2 rings (SSSR count). The average molecular weight is 284 g/mol. The highest BCUT2D eigenvalue weighted by Gasteiger charge is 2.43. The quantitative estimate of drug-likeness (QED) is 0.822. The van der Waals surface area contributed by atoms with Gasteiger partial charge in [-0.1, -0.05) is 6.92 Å². The lowest BCUT2D eigenvalue weighted by Gasteiger charge is -2.40. The predicted molar refractivity (Wildman–Crippen MR) is 73.5 cm³/mol. The molecule has 6 nitrogen and oxygen atoms in total. The zero-order valence-electron chi connectivity index (χ0n) is 12.3. The summed E-state index contributed by atoms with van der Waals surface area (Å²) in [5, 5.41) is 12.4. The molecule has 2 heterocycles. The number of likely N-dealkylation sites (tertiary alicyclic amines) is 1. The van der Waals surface area contributed by atoms with Crippen LogP contribution in [0.1, 0.15) is 39.5 Å². The molecule has 0 aromatic carbocycles. The van der Waals surface area contributed by atoms with Crippen molar-refractivity contribution < 1.29 is 19.4 Å². The van der Waals surface area contributed by atoms with Gasteiger partial charge < -0.3 is 20.1 Å². The maximum absolute atomic E-state index is 12.4. The smallest absolute Gasteiger partial charge is 0.317 e. The Morgan fingerprint density at radius 1 is 1.40 bits per heavy atom. The van der Waals surface area contributed by atoms with Crippen LogP contribution in [0.4, 0.5) is 4.79 Å². The van der Waals surface area contributed by atoms with Crippen LogP contribution in [0.5, 0.6) is 0 Å². The summed E-state index contributed by atoms with van der Waals surface area (Å²) >= 11 is 0. The van der Waals surface area contributed by atoms with Gasteiger partial charge in [0, 0.05) is 19.7 Å². The van der Waals surface area contributed by atoms with Crippen LogP contribution >= 0.6 is 0 Å². The molecule has 0 radical (unpaired) electrons. The fourth-order valence-electron chi connectivity index (χ4n) is 3.02. The molecular formula is C14H24N2O4. The number of hydrogen-bond acceptors (Lipinski definition) is 3. The Kier molecular flexibility index (Phi) is 4.22. The molecule has 114 valence electrons. The zero-order valence-corrected chi connectivity index (χ0v) is 12.3. The molecule has 0 bridgehead atoms. The van der Waals surface area contributed by atoms with Crippen molar-refractivity contribution in [1.29, 1.82) is 0 Å². The molecular weight excluding hydrogens is 260 g/mol. The van der Waals surface area contributed by atoms with Crippen LogP contribution in [-0.4, -0.2) is 53.8 Å². The summed E-state index contributed by atoms with van der Waals surface area (Å²) in [4.78, 5) is 25.5. The molecule has 2 aliphatic rings. The number of urea groups is 1. The molecule has 2 aliphatic heterocycles. The van der Waals surface area contributed by atoms with Crippen LogP contribution in [0.25, 0.3) is 0 Å². The van der Waals surface area contributed by atoms with Gasteiger partial charge in [-0.25, -0.2) is 4.79 Å². The van der Waals surface area contributed by atoms with Crippen molar-refractivity contribution in [2.24, 2.45) is 5.41 Å². The average Bonchev–Trinajstić information content (AvgIpc) is 2.85. The number of nitrogens with one attached hydrogen (secondary N) is 1. The van der Waals surface area contributed by atoms with E-state index >= 15 is 0 Å². The summed E-state index contributed by atoms with van der Waals surface area (Å²) in [7, 11) is 0. The Morgan fingerprint density at radius 2 is 2.15 bits per heavy atom. The molecule has 2 atom stereocenters. The normalized spacial score (nSPS) is 34.0. The number of hydrogen-bond donors (Lipinski definition) is 2. The highest BCUT2D eigenvalue weighted by atomic mass is 16.5. The Morgan fingerprint density at radius 3 is 2.70 bits per heavy atom. The number of amides is 2. The second-order valence-corrected chi connectivity index (χ2v) is 6.26. The van der Waals surface area contributed by atoms with E-state index in [1.165, 1.54) is 0 Å². The van der Waals surface area contributed by atoms with Gasteiger partial charge in [0.1, 0.15) is 0 Å². The van der Waals surface area contributed by atoms with Crippen molar-refractivity contribution in [2.45, 2.75) is 45.1 Å². The molecule has 0 spiro atoms. The van der Waals surface area contributed by atoms with E-state index in [4.69, 9.17) is 4.74 Å². The monoisotopic (exact) mass is 284 g/mol. The summed E-state index contributed by atoms with van der Waals surface area (Å²) < 4.78 is 5.32. The SMILES string of the molecule is CCC1(C(=O)O)CCCN(C(=O)NC2(C)CCOC2)C1. The van der Waals surface area contributed by atoms with Crippen molar-refractivity contribution >= 4 is 12.0 Å². The number of piperidine rings is 1. The Balaban J connectivity index is 2.01. The van der Waals surface area contributed by atoms with E-state index < -0.39 is 11.4 Å². The minimum atomic E-state index is -0.798. The minimum absolute atomic E-state index is 0.170. The molecule has 0 aliphatic carbocycles. The van der Waals surface area contributed by atoms with Crippen molar-refractivity contribution in [2.75, 3.05) is 26.3 Å². The third-order valence-corrected chi connectivity index (χ3v) is 4.62. The Labute approximate surface area is 119 Å². The van der Waals surface area contributed by atoms with Crippen LogP contribution in [0.2, 0.25) is 0 Å². The third-order valence-electron chi connectivity index (χ3n) is 4.62. The van der Waals surface area contributed by atoms with E-state index in [-0.39, 0.29) is 11.6 Å². The van der Waals surface area contributed by atoms with Crippen molar-refractivity contribution in [3.05, 3.63) is 0 Å². The van der Waals surface area contributed by atoms with Crippen LogP contribution in [-0.2, 0) is 9.53 Å². The molecule has 6 heteroatoms. The molecule has 2 fully saturated rings. The fraction of sp³-hybridized carbons (Fsp3) is 0.857. The number of carbonyl (C=O) groups excluding carboxylic acids is 1. The standard InChI is InChI=1S/C14H24N2O4/c1-3-14(11(17)18)5-4-7-16(9-14)12(19)15-13(2)6-8-20-10-13/h3-10H2,1-2H3,(H,15,19)(H,17,18). The molecule has 0 saturated carbocycles. The summed E-state index contributed by atoms with van der Waals surface area (Å²) in [6.45, 7) is 5.93. The van der Waals surface area contributed by atoms with Crippen LogP contribution < -0.4 is 5.32 Å². The first-order valence-corrected chi connectivity index (χ1v) is 7.29. The van der Waals surface area contributed by atoms with E-state index in [0.717, 1.165) is 12.8 Å². The highest BCUT2D eigenvalue weighted by molar-refractivity contribution is 5.79. The van der Waals surface area contributed by atoms with Gasteiger partial charge in [-0.05, 0) is 32.6 Å². The van der Waals surface area contributed by atoms with E-state index in [2.05, 4.69) is 5.32 Å². The van der Waals surface area contributed by atoms with Crippen molar-refractivity contribution in [3.63, 3.8) is 0 Å². The number of carbonyl (C=O) groups is 2. The van der Waals surface area contributed by atoms with Crippen molar-refractivity contribution in [3.8, 4) is 0 Å².